The van der Waals surface area contributed by atoms with Gasteiger partial charge in [-0.3, -0.25) is 4.52 Å². The van der Waals surface area contributed by atoms with Crippen LogP contribution >= 0.6 is 15.9 Å². The van der Waals surface area contributed by atoms with Gasteiger partial charge in [0.1, 0.15) is 5.82 Å². The molecule has 0 aliphatic carbocycles. The van der Waals surface area contributed by atoms with E-state index in [0.29, 0.717) is 0 Å². The van der Waals surface area contributed by atoms with Gasteiger partial charge in [0.25, 0.3) is 0 Å². The number of rotatable bonds is 8. The first kappa shape index (κ1) is 20.1. The molecule has 3 rings (SSSR count). The number of halogens is 2. The van der Waals surface area contributed by atoms with Crippen LogP contribution in [0.2, 0.25) is 0 Å². The van der Waals surface area contributed by atoms with Gasteiger partial charge in [0, 0.05) is 13.1 Å². The molecule has 0 aliphatic heterocycles. The lowest BCUT2D eigenvalue weighted by Crippen LogP contribution is -2.33. The third kappa shape index (κ3) is 4.61. The minimum absolute atomic E-state index is 0.0369. The third-order valence-corrected chi connectivity index (χ3v) is 4.62. The molecule has 0 atom stereocenters. The second kappa shape index (κ2) is 8.17. The van der Waals surface area contributed by atoms with Crippen LogP contribution in [0.4, 0.5) is 10.2 Å². The lowest BCUT2D eigenvalue weighted by Gasteiger charge is -2.07. The number of hydrazine groups is 1. The third-order valence-electron chi connectivity index (χ3n) is 3.29. The van der Waals surface area contributed by atoms with Gasteiger partial charge >= 0.3 is 5.76 Å². The molecule has 0 saturated heterocycles. The summed E-state index contributed by atoms with van der Waals surface area (Å²) in [6.07, 6.45) is 1.04. The van der Waals surface area contributed by atoms with E-state index < -0.39 is 21.6 Å². The molecule has 28 heavy (non-hydrogen) atoms. The number of benzene rings is 1. The molecular weight excluding hydrogens is 465 g/mol. The summed E-state index contributed by atoms with van der Waals surface area (Å²) in [5, 5.41) is 11.0. The summed E-state index contributed by atoms with van der Waals surface area (Å²) in [5.74, 6) is -1.30. The summed E-state index contributed by atoms with van der Waals surface area (Å²) < 4.78 is 48.4. The summed E-state index contributed by atoms with van der Waals surface area (Å²) in [6.45, 7) is 0.320. The molecule has 0 bridgehead atoms. The smallest absolute Gasteiger partial charge is 0.301 e. The van der Waals surface area contributed by atoms with Crippen LogP contribution < -0.4 is 21.3 Å². The van der Waals surface area contributed by atoms with Gasteiger partial charge in [0.2, 0.25) is 21.7 Å². The lowest BCUT2D eigenvalue weighted by atomic mass is 10.3. The van der Waals surface area contributed by atoms with Gasteiger partial charge in [-0.15, -0.1) is 0 Å². The molecule has 3 aromatic rings. The summed E-state index contributed by atoms with van der Waals surface area (Å²) in [4.78, 5) is 12.1. The first-order chi connectivity index (χ1) is 13.3. The molecule has 12 nitrogen and oxygen atoms in total. The molecule has 0 aliphatic rings. The zero-order chi connectivity index (χ0) is 20.3. The van der Waals surface area contributed by atoms with E-state index in [1.165, 1.54) is 18.2 Å². The van der Waals surface area contributed by atoms with E-state index in [4.69, 9.17) is 4.52 Å². The molecule has 0 radical (unpaired) electrons. The summed E-state index contributed by atoms with van der Waals surface area (Å²) in [6, 6.07) is 3.89. The standard InChI is InChI=1S/C13H13BrFN7O5S/c1-28(24,25)17-5-4-16-18-11-10(19-27-20-11)12-21-26-13(23)22(12)7-2-3-9(15)8(14)6-7/h2-3,6,16-17H,4-5H2,1H3,(H,18,20). The molecule has 3 N–H and O–H groups in total. The van der Waals surface area contributed by atoms with Crippen molar-refractivity contribution in [3.63, 3.8) is 0 Å². The van der Waals surface area contributed by atoms with Crippen LogP contribution in [0.25, 0.3) is 17.2 Å². The van der Waals surface area contributed by atoms with Crippen molar-refractivity contribution in [2.24, 2.45) is 0 Å². The molecule has 0 amide bonds. The Hall–Kier alpha value is -2.62. The number of nitrogens with one attached hydrogen (secondary N) is 3. The highest BCUT2D eigenvalue weighted by atomic mass is 79.9. The Kier molecular flexibility index (Phi) is 5.87. The summed E-state index contributed by atoms with van der Waals surface area (Å²) in [7, 11) is -3.30. The van der Waals surface area contributed by atoms with Crippen molar-refractivity contribution >= 4 is 31.8 Å². The average molecular weight is 478 g/mol. The van der Waals surface area contributed by atoms with E-state index in [0.717, 1.165) is 10.8 Å². The largest absolute Gasteiger partial charge is 0.446 e. The molecule has 150 valence electrons. The number of nitrogens with zero attached hydrogens (tertiary/aromatic N) is 4. The van der Waals surface area contributed by atoms with Gasteiger partial charge in [-0.25, -0.2) is 36.9 Å². The van der Waals surface area contributed by atoms with Gasteiger partial charge < -0.3 is 5.43 Å². The van der Waals surface area contributed by atoms with E-state index in [9.17, 15) is 17.6 Å². The Morgan fingerprint density at radius 3 is 2.75 bits per heavy atom. The number of anilines is 1. The van der Waals surface area contributed by atoms with E-state index >= 15 is 0 Å². The summed E-state index contributed by atoms with van der Waals surface area (Å²) >= 11 is 3.05. The molecule has 0 saturated carbocycles. The van der Waals surface area contributed by atoms with Crippen molar-refractivity contribution in [2.75, 3.05) is 24.8 Å². The Labute approximate surface area is 165 Å². The Morgan fingerprint density at radius 2 is 2.04 bits per heavy atom. The molecule has 0 spiro atoms. The quantitative estimate of drug-likeness (QED) is 0.303. The predicted octanol–water partition coefficient (Wildman–Crippen LogP) is 0.243. The molecule has 2 aromatic heterocycles. The summed E-state index contributed by atoms with van der Waals surface area (Å²) in [5.41, 5.74) is 5.69. The maximum absolute atomic E-state index is 13.5. The predicted molar refractivity (Wildman–Crippen MR) is 97.5 cm³/mol. The average Bonchev–Trinajstić information content (AvgIpc) is 3.22. The van der Waals surface area contributed by atoms with Crippen molar-refractivity contribution in [3.8, 4) is 17.2 Å². The van der Waals surface area contributed by atoms with E-state index in [2.05, 4.69) is 51.6 Å². The van der Waals surface area contributed by atoms with Gasteiger partial charge in [0.05, 0.1) is 16.4 Å². The first-order valence-corrected chi connectivity index (χ1v) is 10.3. The number of hydrogen-bond donors (Lipinski definition) is 3. The topological polar surface area (TPSA) is 157 Å². The highest BCUT2D eigenvalue weighted by Crippen LogP contribution is 2.25. The normalized spacial score (nSPS) is 11.7. The van der Waals surface area contributed by atoms with Gasteiger partial charge in [-0.05, 0) is 44.4 Å². The van der Waals surface area contributed by atoms with Crippen molar-refractivity contribution < 1.29 is 22.0 Å². The Morgan fingerprint density at radius 1 is 1.25 bits per heavy atom. The van der Waals surface area contributed by atoms with Crippen LogP contribution in [0.5, 0.6) is 0 Å². The van der Waals surface area contributed by atoms with Crippen LogP contribution in [0.15, 0.2) is 36.6 Å². The molecular formula is C13H13BrFN7O5S. The number of aromatic nitrogens is 4. The zero-order valence-electron chi connectivity index (χ0n) is 14.1. The van der Waals surface area contributed by atoms with Crippen LogP contribution in [0.3, 0.4) is 0 Å². The van der Waals surface area contributed by atoms with Crippen LogP contribution in [0, 0.1) is 5.82 Å². The van der Waals surface area contributed by atoms with Crippen molar-refractivity contribution in [3.05, 3.63) is 39.0 Å². The molecule has 0 unspecified atom stereocenters. The zero-order valence-corrected chi connectivity index (χ0v) is 16.5. The molecule has 1 aromatic carbocycles. The molecule has 0 fully saturated rings. The van der Waals surface area contributed by atoms with Crippen LogP contribution in [-0.2, 0) is 10.0 Å². The van der Waals surface area contributed by atoms with E-state index in [1.807, 2.05) is 0 Å². The van der Waals surface area contributed by atoms with Crippen molar-refractivity contribution in [2.45, 2.75) is 0 Å². The fraction of sp³-hybridized carbons (Fsp3) is 0.231. The number of sulfonamides is 1. The maximum atomic E-state index is 13.5. The minimum atomic E-state index is -3.30. The maximum Gasteiger partial charge on any atom is 0.446 e. The van der Waals surface area contributed by atoms with Gasteiger partial charge in [-0.1, -0.05) is 5.16 Å². The molecule has 15 heteroatoms. The Bertz CT molecular complexity index is 1140. The highest BCUT2D eigenvalue weighted by molar-refractivity contribution is 9.10. The Balaban J connectivity index is 1.81. The monoisotopic (exact) mass is 477 g/mol. The van der Waals surface area contributed by atoms with Gasteiger partial charge in [-0.2, -0.15) is 0 Å². The molecule has 2 heterocycles. The van der Waals surface area contributed by atoms with E-state index in [-0.39, 0.29) is 40.6 Å². The second-order valence-electron chi connectivity index (χ2n) is 5.39. The minimum Gasteiger partial charge on any atom is -0.301 e. The van der Waals surface area contributed by atoms with Crippen molar-refractivity contribution in [1.29, 1.82) is 0 Å². The number of hydrogen-bond acceptors (Lipinski definition) is 10. The highest BCUT2D eigenvalue weighted by Gasteiger charge is 2.23. The SMILES string of the molecule is CS(=O)(=O)NCCNNc1nonc1-c1noc(=O)n1-c1ccc(F)c(Br)c1. The lowest BCUT2D eigenvalue weighted by molar-refractivity contribution is 0.309. The first-order valence-electron chi connectivity index (χ1n) is 7.57. The fourth-order valence-corrected chi connectivity index (χ4v) is 2.95. The second-order valence-corrected chi connectivity index (χ2v) is 8.07. The van der Waals surface area contributed by atoms with Crippen LogP contribution in [-0.4, -0.2) is 47.8 Å². The van der Waals surface area contributed by atoms with Crippen molar-refractivity contribution in [1.82, 2.24) is 30.2 Å². The fourth-order valence-electron chi connectivity index (χ4n) is 2.11. The van der Waals surface area contributed by atoms with E-state index in [1.54, 1.807) is 0 Å². The van der Waals surface area contributed by atoms with Gasteiger partial charge in [0.15, 0.2) is 5.69 Å². The van der Waals surface area contributed by atoms with Crippen LogP contribution in [0.1, 0.15) is 0 Å².